The van der Waals surface area contributed by atoms with Crippen LogP contribution in [-0.2, 0) is 11.3 Å². The van der Waals surface area contributed by atoms with Crippen molar-refractivity contribution in [2.45, 2.75) is 19.5 Å². The monoisotopic (exact) mass is 342 g/mol. The molecule has 0 bridgehead atoms. The first kappa shape index (κ1) is 14.1. The van der Waals surface area contributed by atoms with Gasteiger partial charge in [-0.1, -0.05) is 0 Å². The first-order valence-corrected chi connectivity index (χ1v) is 7.49. The Morgan fingerprint density at radius 3 is 3.05 bits per heavy atom. The summed E-state index contributed by atoms with van der Waals surface area (Å²) in [5.41, 5.74) is 0.904. The highest BCUT2D eigenvalue weighted by Crippen LogP contribution is 2.27. The molecule has 0 fully saturated rings. The number of halogens is 1. The molecule has 1 atom stereocenters. The van der Waals surface area contributed by atoms with E-state index in [2.05, 4.69) is 50.0 Å². The molecule has 2 aromatic rings. The van der Waals surface area contributed by atoms with Crippen LogP contribution < -0.4 is 10.6 Å². The molecular weight excluding hydrogens is 328 g/mol. The highest BCUT2D eigenvalue weighted by atomic mass is 79.9. The number of likely N-dealkylation sites (N-methyl/N-ethyl adjacent to an activating group) is 1. The summed E-state index contributed by atoms with van der Waals surface area (Å²) in [4.78, 5) is 12.5. The zero-order chi connectivity index (χ0) is 13.8. The lowest BCUT2D eigenvalue weighted by molar-refractivity contribution is -0.121. The van der Waals surface area contributed by atoms with E-state index >= 15 is 0 Å². The quantitative estimate of drug-likeness (QED) is 0.877. The van der Waals surface area contributed by atoms with Crippen molar-refractivity contribution in [3.05, 3.63) is 33.2 Å². The van der Waals surface area contributed by atoms with Gasteiger partial charge in [-0.25, -0.2) is 0 Å². The summed E-state index contributed by atoms with van der Waals surface area (Å²) in [6, 6.07) is 2.30. The summed E-state index contributed by atoms with van der Waals surface area (Å²) in [7, 11) is 1.61. The number of amides is 1. The fourth-order valence-corrected chi connectivity index (χ4v) is 3.08. The summed E-state index contributed by atoms with van der Waals surface area (Å²) in [5.74, 6) is -0.0649. The lowest BCUT2D eigenvalue weighted by Crippen LogP contribution is -2.23. The minimum Gasteiger partial charge on any atom is -0.375 e. The van der Waals surface area contributed by atoms with Crippen LogP contribution >= 0.6 is 27.3 Å². The van der Waals surface area contributed by atoms with Crippen LogP contribution in [0.2, 0.25) is 0 Å². The van der Waals surface area contributed by atoms with Crippen LogP contribution in [0.25, 0.3) is 0 Å². The molecule has 2 aromatic heterocycles. The van der Waals surface area contributed by atoms with E-state index in [1.165, 1.54) is 4.88 Å². The van der Waals surface area contributed by atoms with Crippen LogP contribution in [0.15, 0.2) is 28.3 Å². The van der Waals surface area contributed by atoms with Crippen molar-refractivity contribution in [2.75, 3.05) is 12.4 Å². The molecule has 0 aliphatic rings. The molecule has 1 amide bonds. The second-order valence-electron chi connectivity index (χ2n) is 4.13. The molecule has 0 aliphatic heterocycles. The zero-order valence-corrected chi connectivity index (χ0v) is 13.1. The second kappa shape index (κ2) is 6.21. The Balaban J connectivity index is 1.98. The van der Waals surface area contributed by atoms with Gasteiger partial charge in [0.1, 0.15) is 6.54 Å². The van der Waals surface area contributed by atoms with E-state index in [1.807, 2.05) is 6.20 Å². The number of carbonyl (C=O) groups excluding carboxylic acids is 1. The summed E-state index contributed by atoms with van der Waals surface area (Å²) >= 11 is 5.14. The summed E-state index contributed by atoms with van der Waals surface area (Å²) in [5, 5.41) is 12.1. The zero-order valence-electron chi connectivity index (χ0n) is 10.7. The molecule has 0 aromatic carbocycles. The van der Waals surface area contributed by atoms with Gasteiger partial charge in [0.15, 0.2) is 0 Å². The highest BCUT2D eigenvalue weighted by molar-refractivity contribution is 9.10. The molecule has 2 N–H and O–H groups in total. The molecule has 2 heterocycles. The van der Waals surface area contributed by atoms with Crippen molar-refractivity contribution in [2.24, 2.45) is 0 Å². The molecule has 0 saturated carbocycles. The molecule has 5 nitrogen and oxygen atoms in total. The lowest BCUT2D eigenvalue weighted by Gasteiger charge is -2.11. The lowest BCUT2D eigenvalue weighted by atomic mass is 10.3. The first-order valence-electron chi connectivity index (χ1n) is 5.82. The Kier molecular flexibility index (Phi) is 4.60. The number of anilines is 1. The molecule has 19 heavy (non-hydrogen) atoms. The van der Waals surface area contributed by atoms with Gasteiger partial charge in [-0.05, 0) is 28.9 Å². The molecule has 0 aliphatic carbocycles. The van der Waals surface area contributed by atoms with E-state index in [-0.39, 0.29) is 18.5 Å². The number of nitrogens with zero attached hydrogens (tertiary/aromatic N) is 2. The van der Waals surface area contributed by atoms with Gasteiger partial charge in [0.2, 0.25) is 5.91 Å². The molecule has 2 rings (SSSR count). The maximum absolute atomic E-state index is 11.2. The summed E-state index contributed by atoms with van der Waals surface area (Å²) in [6.07, 6.45) is 3.55. The van der Waals surface area contributed by atoms with Gasteiger partial charge in [-0.3, -0.25) is 9.48 Å². The van der Waals surface area contributed by atoms with Gasteiger partial charge in [0.25, 0.3) is 0 Å². The van der Waals surface area contributed by atoms with Gasteiger partial charge >= 0.3 is 0 Å². The van der Waals surface area contributed by atoms with E-state index in [4.69, 9.17) is 0 Å². The van der Waals surface area contributed by atoms with Gasteiger partial charge in [0, 0.05) is 28.0 Å². The van der Waals surface area contributed by atoms with Crippen molar-refractivity contribution in [3.63, 3.8) is 0 Å². The normalized spacial score (nSPS) is 12.2. The van der Waals surface area contributed by atoms with Gasteiger partial charge in [0.05, 0.1) is 17.9 Å². The Bertz CT molecular complexity index is 566. The van der Waals surface area contributed by atoms with E-state index in [1.54, 1.807) is 29.3 Å². The SMILES string of the molecule is CNC(=O)Cn1cc(NC(C)c2cc(Br)cs2)cn1. The van der Waals surface area contributed by atoms with Crippen LogP contribution in [0.5, 0.6) is 0 Å². The maximum Gasteiger partial charge on any atom is 0.241 e. The minimum absolute atomic E-state index is 0.0649. The Labute approximate surface area is 124 Å². The van der Waals surface area contributed by atoms with E-state index in [0.29, 0.717) is 0 Å². The smallest absolute Gasteiger partial charge is 0.241 e. The van der Waals surface area contributed by atoms with Crippen LogP contribution in [0.4, 0.5) is 5.69 Å². The standard InChI is InChI=1S/C12H15BrN4OS/c1-8(11-3-9(13)7-19-11)16-10-4-15-17(5-10)6-12(18)14-2/h3-5,7-8,16H,6H2,1-2H3,(H,14,18). The number of hydrogen-bond donors (Lipinski definition) is 2. The van der Waals surface area contributed by atoms with Crippen LogP contribution in [0, 0.1) is 0 Å². The highest BCUT2D eigenvalue weighted by Gasteiger charge is 2.09. The van der Waals surface area contributed by atoms with Crippen LogP contribution in [-0.4, -0.2) is 22.7 Å². The van der Waals surface area contributed by atoms with Crippen molar-refractivity contribution < 1.29 is 4.79 Å². The van der Waals surface area contributed by atoms with Crippen molar-refractivity contribution in [3.8, 4) is 0 Å². The number of nitrogens with one attached hydrogen (secondary N) is 2. The van der Waals surface area contributed by atoms with Gasteiger partial charge < -0.3 is 10.6 Å². The third-order valence-electron chi connectivity index (χ3n) is 2.62. The fourth-order valence-electron chi connectivity index (χ4n) is 1.63. The summed E-state index contributed by atoms with van der Waals surface area (Å²) in [6.45, 7) is 2.32. The number of carbonyl (C=O) groups is 1. The van der Waals surface area contributed by atoms with Crippen molar-refractivity contribution >= 4 is 38.9 Å². The van der Waals surface area contributed by atoms with Gasteiger partial charge in [-0.2, -0.15) is 5.10 Å². The molecule has 0 radical (unpaired) electrons. The number of thiophene rings is 1. The Morgan fingerprint density at radius 2 is 2.42 bits per heavy atom. The molecule has 0 saturated heterocycles. The molecule has 102 valence electrons. The first-order chi connectivity index (χ1) is 9.08. The predicted octanol–water partition coefficient (Wildman–Crippen LogP) is 2.63. The number of rotatable bonds is 5. The average Bonchev–Trinajstić information content (AvgIpc) is 2.98. The minimum atomic E-state index is -0.0649. The Hall–Kier alpha value is -1.34. The molecule has 1 unspecified atom stereocenters. The molecule has 7 heteroatoms. The van der Waals surface area contributed by atoms with Crippen LogP contribution in [0.1, 0.15) is 17.8 Å². The average molecular weight is 343 g/mol. The van der Waals surface area contributed by atoms with Crippen molar-refractivity contribution in [1.29, 1.82) is 0 Å². The van der Waals surface area contributed by atoms with E-state index in [0.717, 1.165) is 10.2 Å². The molecule has 0 spiro atoms. The third-order valence-corrected chi connectivity index (χ3v) is 4.49. The topological polar surface area (TPSA) is 59.0 Å². The summed E-state index contributed by atoms with van der Waals surface area (Å²) < 4.78 is 2.70. The van der Waals surface area contributed by atoms with E-state index in [9.17, 15) is 4.79 Å². The predicted molar refractivity (Wildman–Crippen MR) is 80.4 cm³/mol. The largest absolute Gasteiger partial charge is 0.375 e. The fraction of sp³-hybridized carbons (Fsp3) is 0.333. The van der Waals surface area contributed by atoms with Crippen LogP contribution in [0.3, 0.4) is 0 Å². The van der Waals surface area contributed by atoms with Crippen molar-refractivity contribution in [1.82, 2.24) is 15.1 Å². The van der Waals surface area contributed by atoms with E-state index < -0.39 is 0 Å². The molecular formula is C12H15BrN4OS. The number of hydrogen-bond acceptors (Lipinski definition) is 4. The maximum atomic E-state index is 11.2. The number of aromatic nitrogens is 2. The Morgan fingerprint density at radius 1 is 1.63 bits per heavy atom. The van der Waals surface area contributed by atoms with Gasteiger partial charge in [-0.15, -0.1) is 11.3 Å². The third kappa shape index (κ3) is 3.81. The second-order valence-corrected chi connectivity index (χ2v) is 5.99.